The first-order chi connectivity index (χ1) is 10.3. The van der Waals surface area contributed by atoms with Gasteiger partial charge in [-0.05, 0) is 35.9 Å². The highest BCUT2D eigenvalue weighted by molar-refractivity contribution is 5.68. The van der Waals surface area contributed by atoms with Crippen LogP contribution in [0.1, 0.15) is 5.56 Å². The van der Waals surface area contributed by atoms with Gasteiger partial charge in [0.05, 0.1) is 5.69 Å². The molecule has 1 N–H and O–H groups in total. The number of phenols is 1. The Morgan fingerprint density at radius 1 is 0.857 bits per heavy atom. The van der Waals surface area contributed by atoms with Crippen molar-refractivity contribution in [1.29, 1.82) is 0 Å². The van der Waals surface area contributed by atoms with Crippen LogP contribution >= 0.6 is 0 Å². The highest BCUT2D eigenvalue weighted by atomic mass is 16.3. The SMILES string of the molecule is Oc1ccccc1N(Cc1cccnc1)c1ccccc1. The van der Waals surface area contributed by atoms with Crippen molar-refractivity contribution in [2.45, 2.75) is 6.54 Å². The molecule has 0 saturated carbocycles. The van der Waals surface area contributed by atoms with Gasteiger partial charge in [-0.15, -0.1) is 0 Å². The number of benzene rings is 2. The third kappa shape index (κ3) is 3.03. The first kappa shape index (κ1) is 13.2. The molecule has 21 heavy (non-hydrogen) atoms. The topological polar surface area (TPSA) is 36.4 Å². The summed E-state index contributed by atoms with van der Waals surface area (Å²) in [6, 6.07) is 21.3. The fraction of sp³-hybridized carbons (Fsp3) is 0.0556. The number of nitrogens with zero attached hydrogens (tertiary/aromatic N) is 2. The average Bonchev–Trinajstić information content (AvgIpc) is 2.55. The molecule has 0 aliphatic carbocycles. The summed E-state index contributed by atoms with van der Waals surface area (Å²) in [5.74, 6) is 0.269. The van der Waals surface area contributed by atoms with Crippen LogP contribution in [0, 0.1) is 0 Å². The van der Waals surface area contributed by atoms with Crippen molar-refractivity contribution >= 4 is 11.4 Å². The van der Waals surface area contributed by atoms with E-state index < -0.39 is 0 Å². The summed E-state index contributed by atoms with van der Waals surface area (Å²) in [7, 11) is 0. The van der Waals surface area contributed by atoms with Crippen LogP contribution in [0.4, 0.5) is 11.4 Å². The van der Waals surface area contributed by atoms with Crippen molar-refractivity contribution in [2.75, 3.05) is 4.90 Å². The third-order valence-electron chi connectivity index (χ3n) is 3.30. The number of hydrogen-bond donors (Lipinski definition) is 1. The molecule has 2 aromatic carbocycles. The molecule has 1 aromatic heterocycles. The summed E-state index contributed by atoms with van der Waals surface area (Å²) in [6.45, 7) is 0.648. The molecule has 104 valence electrons. The van der Waals surface area contributed by atoms with Crippen LogP contribution in [-0.4, -0.2) is 10.1 Å². The van der Waals surface area contributed by atoms with Crippen LogP contribution in [0.2, 0.25) is 0 Å². The highest BCUT2D eigenvalue weighted by Gasteiger charge is 2.13. The lowest BCUT2D eigenvalue weighted by Crippen LogP contribution is -2.16. The number of rotatable bonds is 4. The molecule has 3 aromatic rings. The van der Waals surface area contributed by atoms with Gasteiger partial charge in [0, 0.05) is 24.6 Å². The third-order valence-corrected chi connectivity index (χ3v) is 3.30. The standard InChI is InChI=1S/C18H16N2O/c21-18-11-5-4-10-17(18)20(16-8-2-1-3-9-16)14-15-7-6-12-19-13-15/h1-13,21H,14H2. The zero-order valence-corrected chi connectivity index (χ0v) is 11.6. The number of pyridine rings is 1. The van der Waals surface area contributed by atoms with Gasteiger partial charge in [0.1, 0.15) is 5.75 Å². The van der Waals surface area contributed by atoms with Crippen molar-refractivity contribution in [3.63, 3.8) is 0 Å². The molecule has 0 aliphatic heterocycles. The Hall–Kier alpha value is -2.81. The van der Waals surface area contributed by atoms with Crippen molar-refractivity contribution in [3.05, 3.63) is 84.7 Å². The summed E-state index contributed by atoms with van der Waals surface area (Å²) in [4.78, 5) is 6.23. The van der Waals surface area contributed by atoms with Crippen LogP contribution in [0.5, 0.6) is 5.75 Å². The Bertz CT molecular complexity index is 699. The molecular formula is C18H16N2O. The Labute approximate surface area is 124 Å². The van der Waals surface area contributed by atoms with Crippen LogP contribution in [0.25, 0.3) is 0 Å². The minimum Gasteiger partial charge on any atom is -0.506 e. The van der Waals surface area contributed by atoms with E-state index in [4.69, 9.17) is 0 Å². The predicted octanol–water partition coefficient (Wildman–Crippen LogP) is 4.13. The Morgan fingerprint density at radius 3 is 2.33 bits per heavy atom. The number of aromatic nitrogens is 1. The smallest absolute Gasteiger partial charge is 0.139 e. The maximum Gasteiger partial charge on any atom is 0.139 e. The van der Waals surface area contributed by atoms with Crippen molar-refractivity contribution in [1.82, 2.24) is 4.98 Å². The summed E-state index contributed by atoms with van der Waals surface area (Å²) in [6.07, 6.45) is 3.60. The summed E-state index contributed by atoms with van der Waals surface area (Å²) >= 11 is 0. The van der Waals surface area contributed by atoms with Gasteiger partial charge in [-0.1, -0.05) is 36.4 Å². The molecule has 0 fully saturated rings. The maximum absolute atomic E-state index is 10.2. The van der Waals surface area contributed by atoms with Crippen LogP contribution in [0.15, 0.2) is 79.1 Å². The Balaban J connectivity index is 2.02. The van der Waals surface area contributed by atoms with Crippen molar-refractivity contribution in [2.24, 2.45) is 0 Å². The van der Waals surface area contributed by atoms with Crippen LogP contribution in [-0.2, 0) is 6.54 Å². The van der Waals surface area contributed by atoms with Gasteiger partial charge in [-0.25, -0.2) is 0 Å². The fourth-order valence-corrected chi connectivity index (χ4v) is 2.29. The molecule has 0 spiro atoms. The van der Waals surface area contributed by atoms with Crippen LogP contribution < -0.4 is 4.90 Å². The molecule has 0 radical (unpaired) electrons. The van der Waals surface area contributed by atoms with E-state index in [-0.39, 0.29) is 5.75 Å². The van der Waals surface area contributed by atoms with E-state index in [1.807, 2.05) is 66.9 Å². The van der Waals surface area contributed by atoms with Gasteiger partial charge in [0.2, 0.25) is 0 Å². The largest absolute Gasteiger partial charge is 0.506 e. The average molecular weight is 276 g/mol. The molecule has 3 rings (SSSR count). The molecule has 0 aliphatic rings. The zero-order chi connectivity index (χ0) is 14.5. The molecular weight excluding hydrogens is 260 g/mol. The minimum absolute atomic E-state index is 0.269. The van der Waals surface area contributed by atoms with E-state index in [0.717, 1.165) is 16.9 Å². The van der Waals surface area contributed by atoms with E-state index in [0.29, 0.717) is 6.54 Å². The molecule has 0 saturated heterocycles. The van der Waals surface area contributed by atoms with E-state index in [1.165, 1.54) is 0 Å². The molecule has 3 nitrogen and oxygen atoms in total. The lowest BCUT2D eigenvalue weighted by Gasteiger charge is -2.25. The predicted molar refractivity (Wildman–Crippen MR) is 84.6 cm³/mol. The second kappa shape index (κ2) is 6.09. The van der Waals surface area contributed by atoms with E-state index in [1.54, 1.807) is 12.3 Å². The number of para-hydroxylation sites is 3. The molecule has 0 bridgehead atoms. The van der Waals surface area contributed by atoms with Gasteiger partial charge in [0.25, 0.3) is 0 Å². The molecule has 0 atom stereocenters. The first-order valence-electron chi connectivity index (χ1n) is 6.84. The van der Waals surface area contributed by atoms with Gasteiger partial charge in [0.15, 0.2) is 0 Å². The molecule has 0 amide bonds. The molecule has 0 unspecified atom stereocenters. The summed E-state index contributed by atoms with van der Waals surface area (Å²) in [5.41, 5.74) is 2.90. The number of hydrogen-bond acceptors (Lipinski definition) is 3. The fourth-order valence-electron chi connectivity index (χ4n) is 2.29. The van der Waals surface area contributed by atoms with Crippen LogP contribution in [0.3, 0.4) is 0 Å². The van der Waals surface area contributed by atoms with Gasteiger partial charge in [-0.3, -0.25) is 4.98 Å². The van der Waals surface area contributed by atoms with Gasteiger partial charge >= 0.3 is 0 Å². The molecule has 3 heteroatoms. The summed E-state index contributed by atoms with van der Waals surface area (Å²) in [5, 5.41) is 10.2. The van der Waals surface area contributed by atoms with Crippen molar-refractivity contribution < 1.29 is 5.11 Å². The number of aromatic hydroxyl groups is 1. The van der Waals surface area contributed by atoms with E-state index >= 15 is 0 Å². The van der Waals surface area contributed by atoms with Gasteiger partial charge in [-0.2, -0.15) is 0 Å². The quantitative estimate of drug-likeness (QED) is 0.778. The zero-order valence-electron chi connectivity index (χ0n) is 11.6. The lowest BCUT2D eigenvalue weighted by molar-refractivity contribution is 0.475. The Kier molecular flexibility index (Phi) is 3.83. The first-order valence-corrected chi connectivity index (χ1v) is 6.84. The number of phenolic OH excluding ortho intramolecular Hbond substituents is 1. The van der Waals surface area contributed by atoms with Gasteiger partial charge < -0.3 is 10.0 Å². The monoisotopic (exact) mass is 276 g/mol. The summed E-state index contributed by atoms with van der Waals surface area (Å²) < 4.78 is 0. The Morgan fingerprint density at radius 2 is 1.62 bits per heavy atom. The number of anilines is 2. The minimum atomic E-state index is 0.269. The second-order valence-corrected chi connectivity index (χ2v) is 4.77. The maximum atomic E-state index is 10.2. The molecule has 1 heterocycles. The van der Waals surface area contributed by atoms with Crippen molar-refractivity contribution in [3.8, 4) is 5.75 Å². The lowest BCUT2D eigenvalue weighted by atomic mass is 10.2. The van der Waals surface area contributed by atoms with E-state index in [2.05, 4.69) is 9.88 Å². The van der Waals surface area contributed by atoms with E-state index in [9.17, 15) is 5.11 Å². The highest BCUT2D eigenvalue weighted by Crippen LogP contribution is 2.33. The normalized spacial score (nSPS) is 10.3. The second-order valence-electron chi connectivity index (χ2n) is 4.77.